The first-order valence-corrected chi connectivity index (χ1v) is 8.81. The summed E-state index contributed by atoms with van der Waals surface area (Å²) in [6, 6.07) is 16.7. The van der Waals surface area contributed by atoms with Gasteiger partial charge in [0.1, 0.15) is 0 Å². The first-order chi connectivity index (χ1) is 11.5. The Morgan fingerprint density at radius 3 is 1.67 bits per heavy atom. The van der Waals surface area contributed by atoms with E-state index < -0.39 is 0 Å². The molecule has 0 aliphatic carbocycles. The SMILES string of the molecule is CCC(C)c1cccc(N(C(=N)N)c2cccc(C(C)CC)c2)c1. The summed E-state index contributed by atoms with van der Waals surface area (Å²) in [5.41, 5.74) is 10.4. The van der Waals surface area contributed by atoms with Crippen LogP contribution in [0.15, 0.2) is 48.5 Å². The largest absolute Gasteiger partial charge is 0.369 e. The van der Waals surface area contributed by atoms with Crippen LogP contribution >= 0.6 is 0 Å². The number of anilines is 2. The summed E-state index contributed by atoms with van der Waals surface area (Å²) < 4.78 is 0. The van der Waals surface area contributed by atoms with Gasteiger partial charge in [-0.25, -0.2) is 0 Å². The Labute approximate surface area is 146 Å². The molecular weight excluding hydrogens is 294 g/mol. The summed E-state index contributed by atoms with van der Waals surface area (Å²) in [4.78, 5) is 1.82. The third-order valence-electron chi connectivity index (χ3n) is 4.86. The minimum Gasteiger partial charge on any atom is -0.369 e. The van der Waals surface area contributed by atoms with Gasteiger partial charge in [-0.05, 0) is 60.1 Å². The third-order valence-corrected chi connectivity index (χ3v) is 4.86. The van der Waals surface area contributed by atoms with Crippen molar-refractivity contribution in [3.8, 4) is 0 Å². The Morgan fingerprint density at radius 1 is 0.917 bits per heavy atom. The number of nitrogens with two attached hydrogens (primary N) is 1. The second-order valence-corrected chi connectivity index (χ2v) is 6.53. The molecule has 3 heteroatoms. The highest BCUT2D eigenvalue weighted by molar-refractivity contribution is 6.00. The molecule has 0 amide bonds. The van der Waals surface area contributed by atoms with Crippen molar-refractivity contribution < 1.29 is 0 Å². The quantitative estimate of drug-likeness (QED) is 0.525. The molecule has 3 nitrogen and oxygen atoms in total. The van der Waals surface area contributed by atoms with E-state index >= 15 is 0 Å². The van der Waals surface area contributed by atoms with Crippen molar-refractivity contribution in [2.45, 2.75) is 52.4 Å². The topological polar surface area (TPSA) is 53.1 Å². The van der Waals surface area contributed by atoms with E-state index in [1.54, 1.807) is 0 Å². The predicted octanol–water partition coefficient (Wildman–Crippen LogP) is 5.75. The highest BCUT2D eigenvalue weighted by atomic mass is 15.2. The molecule has 24 heavy (non-hydrogen) atoms. The number of hydrogen-bond donors (Lipinski definition) is 2. The minimum absolute atomic E-state index is 0.0394. The molecule has 0 saturated carbocycles. The van der Waals surface area contributed by atoms with Crippen molar-refractivity contribution in [3.63, 3.8) is 0 Å². The van der Waals surface area contributed by atoms with Crippen molar-refractivity contribution in [2.75, 3.05) is 4.90 Å². The summed E-state index contributed by atoms with van der Waals surface area (Å²) >= 11 is 0. The van der Waals surface area contributed by atoms with Crippen LogP contribution < -0.4 is 10.6 Å². The summed E-state index contributed by atoms with van der Waals surface area (Å²) in [7, 11) is 0. The maximum atomic E-state index is 8.08. The zero-order valence-electron chi connectivity index (χ0n) is 15.2. The molecule has 0 aliphatic heterocycles. The summed E-state index contributed by atoms with van der Waals surface area (Å²) in [5, 5.41) is 8.08. The fourth-order valence-electron chi connectivity index (χ4n) is 2.84. The van der Waals surface area contributed by atoms with Gasteiger partial charge < -0.3 is 5.73 Å². The lowest BCUT2D eigenvalue weighted by Gasteiger charge is -2.25. The highest BCUT2D eigenvalue weighted by Gasteiger charge is 2.15. The maximum absolute atomic E-state index is 8.08. The van der Waals surface area contributed by atoms with Crippen LogP contribution in [-0.4, -0.2) is 5.96 Å². The Hall–Kier alpha value is -2.29. The van der Waals surface area contributed by atoms with E-state index in [9.17, 15) is 0 Å². The molecular formula is C21H29N3. The molecule has 0 saturated heterocycles. The molecule has 0 radical (unpaired) electrons. The van der Waals surface area contributed by atoms with Gasteiger partial charge >= 0.3 is 0 Å². The van der Waals surface area contributed by atoms with Crippen LogP contribution in [0.2, 0.25) is 0 Å². The molecule has 0 heterocycles. The molecule has 128 valence electrons. The molecule has 0 bridgehead atoms. The molecule has 3 N–H and O–H groups in total. The number of benzene rings is 2. The molecule has 0 aromatic heterocycles. The maximum Gasteiger partial charge on any atom is 0.197 e. The van der Waals surface area contributed by atoms with Gasteiger partial charge in [0.15, 0.2) is 5.96 Å². The summed E-state index contributed by atoms with van der Waals surface area (Å²) in [6.07, 6.45) is 2.18. The van der Waals surface area contributed by atoms with Crippen LogP contribution in [0.4, 0.5) is 11.4 Å². The van der Waals surface area contributed by atoms with E-state index in [0.717, 1.165) is 24.2 Å². The first kappa shape index (κ1) is 18.1. The van der Waals surface area contributed by atoms with Gasteiger partial charge in [0.2, 0.25) is 0 Å². The fraction of sp³-hybridized carbons (Fsp3) is 0.381. The van der Waals surface area contributed by atoms with Gasteiger partial charge in [-0.1, -0.05) is 52.0 Å². The number of guanidine groups is 1. The van der Waals surface area contributed by atoms with Crippen molar-refractivity contribution in [3.05, 3.63) is 59.7 Å². The molecule has 0 spiro atoms. The molecule has 2 atom stereocenters. The average Bonchev–Trinajstić information content (AvgIpc) is 2.60. The molecule has 2 unspecified atom stereocenters. The van der Waals surface area contributed by atoms with Gasteiger partial charge in [0.25, 0.3) is 0 Å². The highest BCUT2D eigenvalue weighted by Crippen LogP contribution is 2.31. The van der Waals surface area contributed by atoms with Gasteiger partial charge in [-0.15, -0.1) is 0 Å². The number of rotatable bonds is 6. The molecule has 0 aliphatic rings. The van der Waals surface area contributed by atoms with Crippen LogP contribution in [0.25, 0.3) is 0 Å². The fourth-order valence-corrected chi connectivity index (χ4v) is 2.84. The first-order valence-electron chi connectivity index (χ1n) is 8.81. The minimum atomic E-state index is 0.0394. The lowest BCUT2D eigenvalue weighted by molar-refractivity contribution is 0.733. The molecule has 2 aromatic carbocycles. The normalized spacial score (nSPS) is 13.3. The van der Waals surface area contributed by atoms with Gasteiger partial charge in [-0.3, -0.25) is 10.3 Å². The van der Waals surface area contributed by atoms with Gasteiger partial charge in [0.05, 0.1) is 0 Å². The second-order valence-electron chi connectivity index (χ2n) is 6.53. The predicted molar refractivity (Wildman–Crippen MR) is 104 cm³/mol. The zero-order chi connectivity index (χ0) is 17.7. The van der Waals surface area contributed by atoms with Crippen LogP contribution in [0, 0.1) is 5.41 Å². The van der Waals surface area contributed by atoms with Gasteiger partial charge in [-0.2, -0.15) is 0 Å². The smallest absolute Gasteiger partial charge is 0.197 e. The Bertz CT molecular complexity index is 639. The molecule has 2 aromatic rings. The number of hydrogen-bond acceptors (Lipinski definition) is 1. The number of nitrogens with zero attached hydrogens (tertiary/aromatic N) is 1. The summed E-state index contributed by atoms with van der Waals surface area (Å²) in [6.45, 7) is 8.83. The van der Waals surface area contributed by atoms with Crippen molar-refractivity contribution in [1.29, 1.82) is 5.41 Å². The van der Waals surface area contributed by atoms with E-state index in [4.69, 9.17) is 11.1 Å². The third kappa shape index (κ3) is 3.97. The summed E-state index contributed by atoms with van der Waals surface area (Å²) in [5.74, 6) is 1.02. The van der Waals surface area contributed by atoms with E-state index in [2.05, 4.69) is 52.0 Å². The van der Waals surface area contributed by atoms with E-state index in [-0.39, 0.29) is 5.96 Å². The lowest BCUT2D eigenvalue weighted by atomic mass is 9.97. The average molecular weight is 323 g/mol. The van der Waals surface area contributed by atoms with Gasteiger partial charge in [0, 0.05) is 11.4 Å². The second kappa shape index (κ2) is 8.00. The van der Waals surface area contributed by atoms with E-state index in [1.807, 2.05) is 29.2 Å². The van der Waals surface area contributed by atoms with Crippen molar-refractivity contribution in [2.24, 2.45) is 5.73 Å². The Kier molecular flexibility index (Phi) is 6.02. The van der Waals surface area contributed by atoms with E-state index in [0.29, 0.717) is 11.8 Å². The van der Waals surface area contributed by atoms with E-state index in [1.165, 1.54) is 11.1 Å². The Morgan fingerprint density at radius 2 is 1.33 bits per heavy atom. The lowest BCUT2D eigenvalue weighted by Crippen LogP contribution is -2.32. The Balaban J connectivity index is 2.46. The molecule has 0 fully saturated rings. The van der Waals surface area contributed by atoms with Crippen LogP contribution in [0.1, 0.15) is 63.5 Å². The van der Waals surface area contributed by atoms with Crippen molar-refractivity contribution in [1.82, 2.24) is 0 Å². The monoisotopic (exact) mass is 323 g/mol. The zero-order valence-corrected chi connectivity index (χ0v) is 15.2. The molecule has 2 rings (SSSR count). The van der Waals surface area contributed by atoms with Crippen LogP contribution in [0.3, 0.4) is 0 Å². The van der Waals surface area contributed by atoms with Crippen LogP contribution in [0.5, 0.6) is 0 Å². The number of nitrogens with one attached hydrogen (secondary N) is 1. The standard InChI is InChI=1S/C21H29N3/c1-5-15(3)17-9-7-11-19(13-17)24(21(22)23)20-12-8-10-18(14-20)16(4)6-2/h7-16H,5-6H2,1-4H3,(H3,22,23). The van der Waals surface area contributed by atoms with Crippen molar-refractivity contribution >= 4 is 17.3 Å². The van der Waals surface area contributed by atoms with Crippen LogP contribution in [-0.2, 0) is 0 Å².